The summed E-state index contributed by atoms with van der Waals surface area (Å²) in [6.45, 7) is 2.40. The van der Waals surface area contributed by atoms with Crippen LogP contribution in [-0.4, -0.2) is 61.1 Å². The minimum atomic E-state index is -3.08. The Morgan fingerprint density at radius 2 is 2.00 bits per heavy atom. The molecule has 20 heavy (non-hydrogen) atoms. The first-order chi connectivity index (χ1) is 9.35. The summed E-state index contributed by atoms with van der Waals surface area (Å²) in [5, 5.41) is 11.5. The van der Waals surface area contributed by atoms with Crippen molar-refractivity contribution in [1.29, 1.82) is 0 Å². The summed E-state index contributed by atoms with van der Waals surface area (Å²) in [7, 11) is -3.08. The number of sulfone groups is 1. The SMILES string of the molecule is CCCCC(NC(=O)N1CCCS(=O)(=O)CC1)C(=O)O. The predicted molar refractivity (Wildman–Crippen MR) is 74.3 cm³/mol. The number of carboxylic acids is 1. The number of amides is 2. The summed E-state index contributed by atoms with van der Waals surface area (Å²) < 4.78 is 22.9. The summed E-state index contributed by atoms with van der Waals surface area (Å²) in [6, 6.07) is -1.41. The van der Waals surface area contributed by atoms with Crippen LogP contribution in [0.15, 0.2) is 0 Å². The molecule has 2 N–H and O–H groups in total. The third-order valence-corrected chi connectivity index (χ3v) is 5.00. The Morgan fingerprint density at radius 3 is 2.60 bits per heavy atom. The molecule has 1 unspecified atom stereocenters. The van der Waals surface area contributed by atoms with Gasteiger partial charge >= 0.3 is 12.0 Å². The molecule has 0 aromatic carbocycles. The first-order valence-corrected chi connectivity index (χ1v) is 8.66. The van der Waals surface area contributed by atoms with Gasteiger partial charge in [-0.1, -0.05) is 19.8 Å². The third-order valence-electron chi connectivity index (χ3n) is 3.28. The van der Waals surface area contributed by atoms with Gasteiger partial charge in [-0.05, 0) is 12.8 Å². The number of aliphatic carboxylic acids is 1. The van der Waals surface area contributed by atoms with Crippen molar-refractivity contribution >= 4 is 21.8 Å². The average molecular weight is 306 g/mol. The van der Waals surface area contributed by atoms with Crippen molar-refractivity contribution in [2.24, 2.45) is 0 Å². The number of carbonyl (C=O) groups is 2. The fourth-order valence-corrected chi connectivity index (χ4v) is 3.32. The molecule has 2 amide bonds. The fourth-order valence-electron chi connectivity index (χ4n) is 2.05. The summed E-state index contributed by atoms with van der Waals surface area (Å²) >= 11 is 0. The molecule has 1 fully saturated rings. The zero-order chi connectivity index (χ0) is 15.2. The van der Waals surface area contributed by atoms with Gasteiger partial charge in [0.2, 0.25) is 0 Å². The van der Waals surface area contributed by atoms with Gasteiger partial charge in [-0.15, -0.1) is 0 Å². The number of hydrogen-bond donors (Lipinski definition) is 2. The number of nitrogens with one attached hydrogen (secondary N) is 1. The molecule has 116 valence electrons. The van der Waals surface area contributed by atoms with Crippen molar-refractivity contribution in [2.45, 2.75) is 38.6 Å². The zero-order valence-electron chi connectivity index (χ0n) is 11.7. The number of unbranched alkanes of at least 4 members (excludes halogenated alkanes) is 1. The lowest BCUT2D eigenvalue weighted by Gasteiger charge is -2.23. The van der Waals surface area contributed by atoms with Crippen LogP contribution in [0.2, 0.25) is 0 Å². The van der Waals surface area contributed by atoms with E-state index in [-0.39, 0.29) is 18.1 Å². The summed E-state index contributed by atoms with van der Waals surface area (Å²) in [5.74, 6) is -1.04. The van der Waals surface area contributed by atoms with Crippen LogP contribution in [0.4, 0.5) is 4.79 Å². The van der Waals surface area contributed by atoms with Gasteiger partial charge in [-0.2, -0.15) is 0 Å². The van der Waals surface area contributed by atoms with E-state index >= 15 is 0 Å². The molecule has 0 spiro atoms. The van der Waals surface area contributed by atoms with Gasteiger partial charge < -0.3 is 15.3 Å². The molecular weight excluding hydrogens is 284 g/mol. The van der Waals surface area contributed by atoms with Crippen LogP contribution in [0.25, 0.3) is 0 Å². The highest BCUT2D eigenvalue weighted by molar-refractivity contribution is 7.91. The van der Waals surface area contributed by atoms with Crippen LogP contribution < -0.4 is 5.32 Å². The second-order valence-electron chi connectivity index (χ2n) is 4.97. The number of carboxylic acid groups (broad SMARTS) is 1. The van der Waals surface area contributed by atoms with Crippen LogP contribution in [0.1, 0.15) is 32.6 Å². The summed E-state index contributed by atoms with van der Waals surface area (Å²) in [4.78, 5) is 24.4. The van der Waals surface area contributed by atoms with E-state index in [0.29, 0.717) is 25.8 Å². The lowest BCUT2D eigenvalue weighted by molar-refractivity contribution is -0.139. The molecule has 0 radical (unpaired) electrons. The van der Waals surface area contributed by atoms with Crippen LogP contribution in [-0.2, 0) is 14.6 Å². The van der Waals surface area contributed by atoms with Gasteiger partial charge in [-0.3, -0.25) is 0 Å². The Balaban J connectivity index is 2.57. The Bertz CT molecular complexity index is 449. The molecule has 0 aromatic heterocycles. The Hall–Kier alpha value is -1.31. The average Bonchev–Trinajstić information content (AvgIpc) is 2.55. The standard InChI is InChI=1S/C12H22N2O5S/c1-2-3-5-10(11(15)16)13-12(17)14-6-4-8-20(18,19)9-7-14/h10H,2-9H2,1H3,(H,13,17)(H,15,16). The quantitative estimate of drug-likeness (QED) is 0.768. The molecule has 1 atom stereocenters. The lowest BCUT2D eigenvalue weighted by atomic mass is 10.1. The molecule has 0 bridgehead atoms. The number of hydrogen-bond acceptors (Lipinski definition) is 4. The molecule has 7 nitrogen and oxygen atoms in total. The van der Waals surface area contributed by atoms with Gasteiger partial charge in [0.1, 0.15) is 6.04 Å². The van der Waals surface area contributed by atoms with E-state index in [0.717, 1.165) is 6.42 Å². The lowest BCUT2D eigenvalue weighted by Crippen LogP contribution is -2.48. The van der Waals surface area contributed by atoms with Crippen LogP contribution >= 0.6 is 0 Å². The second-order valence-corrected chi connectivity index (χ2v) is 7.28. The number of urea groups is 1. The maximum atomic E-state index is 12.0. The smallest absolute Gasteiger partial charge is 0.326 e. The van der Waals surface area contributed by atoms with Gasteiger partial charge in [0.05, 0.1) is 11.5 Å². The molecule has 1 saturated heterocycles. The number of nitrogens with zero attached hydrogens (tertiary/aromatic N) is 1. The van der Waals surface area contributed by atoms with E-state index in [2.05, 4.69) is 5.32 Å². The topological polar surface area (TPSA) is 104 Å². The van der Waals surface area contributed by atoms with Crippen molar-refractivity contribution < 1.29 is 23.1 Å². The van der Waals surface area contributed by atoms with E-state index < -0.39 is 27.9 Å². The fraction of sp³-hybridized carbons (Fsp3) is 0.833. The van der Waals surface area contributed by atoms with Gasteiger partial charge in [0, 0.05) is 13.1 Å². The Morgan fingerprint density at radius 1 is 1.30 bits per heavy atom. The third kappa shape index (κ3) is 5.36. The highest BCUT2D eigenvalue weighted by atomic mass is 32.2. The van der Waals surface area contributed by atoms with Gasteiger partial charge in [0.25, 0.3) is 0 Å². The Labute approximate surface area is 119 Å². The van der Waals surface area contributed by atoms with Crippen molar-refractivity contribution in [3.8, 4) is 0 Å². The molecule has 8 heteroatoms. The number of rotatable bonds is 5. The van der Waals surface area contributed by atoms with Crippen molar-refractivity contribution in [2.75, 3.05) is 24.6 Å². The molecule has 1 aliphatic rings. The molecule has 0 aromatic rings. The van der Waals surface area contributed by atoms with Crippen LogP contribution in [0.5, 0.6) is 0 Å². The van der Waals surface area contributed by atoms with Crippen molar-refractivity contribution in [3.63, 3.8) is 0 Å². The van der Waals surface area contributed by atoms with E-state index in [4.69, 9.17) is 5.11 Å². The highest BCUT2D eigenvalue weighted by Crippen LogP contribution is 2.07. The van der Waals surface area contributed by atoms with Crippen LogP contribution in [0, 0.1) is 0 Å². The first-order valence-electron chi connectivity index (χ1n) is 6.84. The highest BCUT2D eigenvalue weighted by Gasteiger charge is 2.26. The van der Waals surface area contributed by atoms with Crippen molar-refractivity contribution in [1.82, 2.24) is 10.2 Å². The Kier molecular flexibility index (Phi) is 6.25. The second kappa shape index (κ2) is 7.47. The monoisotopic (exact) mass is 306 g/mol. The summed E-state index contributed by atoms with van der Waals surface area (Å²) in [6.07, 6.45) is 2.33. The largest absolute Gasteiger partial charge is 0.480 e. The van der Waals surface area contributed by atoms with E-state index in [1.54, 1.807) is 0 Å². The van der Waals surface area contributed by atoms with Crippen molar-refractivity contribution in [3.05, 3.63) is 0 Å². The summed E-state index contributed by atoms with van der Waals surface area (Å²) in [5.41, 5.74) is 0. The van der Waals surface area contributed by atoms with Gasteiger partial charge in [0.15, 0.2) is 9.84 Å². The molecule has 1 rings (SSSR count). The molecule has 0 saturated carbocycles. The zero-order valence-corrected chi connectivity index (χ0v) is 12.5. The minimum absolute atomic E-state index is 0.0624. The maximum absolute atomic E-state index is 12.0. The molecule has 0 aliphatic carbocycles. The van der Waals surface area contributed by atoms with Gasteiger partial charge in [-0.25, -0.2) is 18.0 Å². The maximum Gasteiger partial charge on any atom is 0.326 e. The molecule has 1 heterocycles. The minimum Gasteiger partial charge on any atom is -0.480 e. The molecule has 1 aliphatic heterocycles. The van der Waals surface area contributed by atoms with Crippen LogP contribution in [0.3, 0.4) is 0 Å². The molecular formula is C12H22N2O5S. The van der Waals surface area contributed by atoms with E-state index in [9.17, 15) is 18.0 Å². The first kappa shape index (κ1) is 16.7. The van der Waals surface area contributed by atoms with E-state index in [1.807, 2.05) is 6.92 Å². The number of carbonyl (C=O) groups excluding carboxylic acids is 1. The predicted octanol–water partition coefficient (Wildman–Crippen LogP) is 0.460. The normalized spacial score (nSPS) is 19.9. The van der Waals surface area contributed by atoms with E-state index in [1.165, 1.54) is 4.90 Å².